The van der Waals surface area contributed by atoms with Crippen LogP contribution in [0.25, 0.3) is 5.69 Å². The number of aliphatic carboxylic acids is 1. The highest BCUT2D eigenvalue weighted by atomic mass is 16.5. The van der Waals surface area contributed by atoms with Crippen LogP contribution in [-0.4, -0.2) is 46.0 Å². The normalized spacial score (nSPS) is 12.0. The molecule has 0 aliphatic carbocycles. The highest BCUT2D eigenvalue weighted by Gasteiger charge is 2.25. The quantitative estimate of drug-likeness (QED) is 0.522. The fourth-order valence-corrected chi connectivity index (χ4v) is 2.66. The van der Waals surface area contributed by atoms with Crippen molar-refractivity contribution in [3.05, 3.63) is 59.9 Å². The molecular weight excluding hydrogens is 346 g/mol. The van der Waals surface area contributed by atoms with Crippen molar-refractivity contribution in [2.75, 3.05) is 13.2 Å². The van der Waals surface area contributed by atoms with Crippen molar-refractivity contribution < 1.29 is 19.4 Å². The molecule has 27 heavy (non-hydrogen) atoms. The number of amides is 1. The topological polar surface area (TPSA) is 93.5 Å². The van der Waals surface area contributed by atoms with E-state index in [1.165, 1.54) is 12.3 Å². The average molecular weight is 371 g/mol. The van der Waals surface area contributed by atoms with E-state index in [4.69, 9.17) is 4.74 Å². The van der Waals surface area contributed by atoms with Crippen LogP contribution in [0.2, 0.25) is 0 Å². The van der Waals surface area contributed by atoms with E-state index in [2.05, 4.69) is 17.0 Å². The van der Waals surface area contributed by atoms with Crippen LogP contribution in [0.5, 0.6) is 0 Å². The van der Waals surface area contributed by atoms with Crippen molar-refractivity contribution >= 4 is 11.9 Å². The average Bonchev–Trinajstić information content (AvgIpc) is 3.07. The minimum absolute atomic E-state index is 0.00912. The standard InChI is InChI=1S/C20H25N3O4/c1-5-10-27-12-17(20(25)26)22-19(24)16-11-21-23(18(16)13(2)3)15-8-6-14(4)7-9-15/h5-9,11,13,17H,1,10,12H2,2-4H3,(H,22,24)(H,25,26). The lowest BCUT2D eigenvalue weighted by molar-refractivity contribution is -0.140. The fourth-order valence-electron chi connectivity index (χ4n) is 2.66. The number of hydrogen-bond donors (Lipinski definition) is 2. The lowest BCUT2D eigenvalue weighted by Crippen LogP contribution is -2.44. The number of benzene rings is 1. The number of nitrogens with zero attached hydrogens (tertiary/aromatic N) is 2. The third kappa shape index (κ3) is 5.04. The van der Waals surface area contributed by atoms with Crippen molar-refractivity contribution in [3.8, 4) is 5.69 Å². The van der Waals surface area contributed by atoms with Crippen LogP contribution in [-0.2, 0) is 9.53 Å². The largest absolute Gasteiger partial charge is 0.480 e. The summed E-state index contributed by atoms with van der Waals surface area (Å²) in [6.45, 7) is 9.49. The maximum absolute atomic E-state index is 12.7. The molecule has 0 aliphatic heterocycles. The van der Waals surface area contributed by atoms with Gasteiger partial charge in [0.25, 0.3) is 5.91 Å². The van der Waals surface area contributed by atoms with E-state index in [0.717, 1.165) is 11.3 Å². The predicted molar refractivity (Wildman–Crippen MR) is 102 cm³/mol. The number of carboxylic acids is 1. The van der Waals surface area contributed by atoms with Crippen LogP contribution >= 0.6 is 0 Å². The van der Waals surface area contributed by atoms with Gasteiger partial charge in [-0.2, -0.15) is 5.10 Å². The molecule has 2 aromatic rings. The van der Waals surface area contributed by atoms with Crippen LogP contribution in [0.15, 0.2) is 43.1 Å². The van der Waals surface area contributed by atoms with Crippen LogP contribution in [0, 0.1) is 6.92 Å². The van der Waals surface area contributed by atoms with Gasteiger partial charge in [0.1, 0.15) is 0 Å². The van der Waals surface area contributed by atoms with Crippen LogP contribution in [0.3, 0.4) is 0 Å². The van der Waals surface area contributed by atoms with E-state index in [1.54, 1.807) is 4.68 Å². The molecule has 1 aromatic heterocycles. The maximum Gasteiger partial charge on any atom is 0.328 e. The van der Waals surface area contributed by atoms with E-state index in [1.807, 2.05) is 45.0 Å². The highest BCUT2D eigenvalue weighted by Crippen LogP contribution is 2.23. The van der Waals surface area contributed by atoms with Gasteiger partial charge in [0, 0.05) is 0 Å². The Morgan fingerprint density at radius 3 is 2.56 bits per heavy atom. The zero-order valence-electron chi connectivity index (χ0n) is 15.8. The monoisotopic (exact) mass is 371 g/mol. The molecule has 0 aliphatic rings. The van der Waals surface area contributed by atoms with Crippen molar-refractivity contribution in [2.45, 2.75) is 32.7 Å². The first-order valence-electron chi connectivity index (χ1n) is 8.72. The first kappa shape index (κ1) is 20.4. The van der Waals surface area contributed by atoms with Gasteiger partial charge in [-0.05, 0) is 25.0 Å². The molecule has 7 nitrogen and oxygen atoms in total. The number of ether oxygens (including phenoxy) is 1. The summed E-state index contributed by atoms with van der Waals surface area (Å²) in [5.41, 5.74) is 3.03. The molecule has 1 amide bonds. The Balaban J connectivity index is 2.28. The molecule has 144 valence electrons. The second-order valence-corrected chi connectivity index (χ2v) is 6.54. The Labute approximate surface area is 158 Å². The van der Waals surface area contributed by atoms with Crippen LogP contribution in [0.4, 0.5) is 0 Å². The van der Waals surface area contributed by atoms with Gasteiger partial charge in [-0.25, -0.2) is 9.48 Å². The number of carbonyl (C=O) groups excluding carboxylic acids is 1. The third-order valence-corrected chi connectivity index (χ3v) is 4.00. The SMILES string of the molecule is C=CCOCC(NC(=O)c1cnn(-c2ccc(C)cc2)c1C(C)C)C(=O)O. The Hall–Kier alpha value is -2.93. The van der Waals surface area contributed by atoms with Crippen molar-refractivity contribution in [3.63, 3.8) is 0 Å². The van der Waals surface area contributed by atoms with Gasteiger partial charge in [-0.1, -0.05) is 37.6 Å². The number of nitrogens with one attached hydrogen (secondary N) is 1. The van der Waals surface area contributed by atoms with Gasteiger partial charge in [0.15, 0.2) is 6.04 Å². The molecular formula is C20H25N3O4. The van der Waals surface area contributed by atoms with Crippen LogP contribution in [0.1, 0.15) is 41.4 Å². The lowest BCUT2D eigenvalue weighted by Gasteiger charge is -2.16. The van der Waals surface area contributed by atoms with Gasteiger partial charge in [0.2, 0.25) is 0 Å². The van der Waals surface area contributed by atoms with Crippen molar-refractivity contribution in [2.24, 2.45) is 0 Å². The molecule has 1 atom stereocenters. The highest BCUT2D eigenvalue weighted by molar-refractivity contribution is 5.97. The van der Waals surface area contributed by atoms with Gasteiger partial charge in [0.05, 0.1) is 36.4 Å². The molecule has 7 heteroatoms. The summed E-state index contributed by atoms with van der Waals surface area (Å²) >= 11 is 0. The van der Waals surface area contributed by atoms with E-state index in [0.29, 0.717) is 11.3 Å². The minimum atomic E-state index is -1.16. The zero-order chi connectivity index (χ0) is 20.0. The summed E-state index contributed by atoms with van der Waals surface area (Å²) in [6, 6.07) is 6.65. The first-order valence-corrected chi connectivity index (χ1v) is 8.72. The molecule has 0 spiro atoms. The summed E-state index contributed by atoms with van der Waals surface area (Å²) in [5, 5.41) is 16.2. The van der Waals surface area contributed by atoms with E-state index in [9.17, 15) is 14.7 Å². The lowest BCUT2D eigenvalue weighted by atomic mass is 10.0. The van der Waals surface area contributed by atoms with E-state index < -0.39 is 17.9 Å². The molecule has 1 unspecified atom stereocenters. The Morgan fingerprint density at radius 1 is 1.33 bits per heavy atom. The Morgan fingerprint density at radius 2 is 2.00 bits per heavy atom. The molecule has 0 saturated carbocycles. The number of carbonyl (C=O) groups is 2. The molecule has 0 radical (unpaired) electrons. The predicted octanol–water partition coefficient (Wildman–Crippen LogP) is 2.69. The number of rotatable bonds is 9. The Kier molecular flexibility index (Phi) is 6.90. The van der Waals surface area contributed by atoms with Crippen molar-refractivity contribution in [1.29, 1.82) is 0 Å². The van der Waals surface area contributed by atoms with Gasteiger partial charge in [-0.15, -0.1) is 6.58 Å². The second kappa shape index (κ2) is 9.14. The molecule has 0 fully saturated rings. The molecule has 2 N–H and O–H groups in total. The van der Waals surface area contributed by atoms with Gasteiger partial charge < -0.3 is 15.2 Å². The fraction of sp³-hybridized carbons (Fsp3) is 0.350. The zero-order valence-corrected chi connectivity index (χ0v) is 15.8. The number of hydrogen-bond acceptors (Lipinski definition) is 4. The van der Waals surface area contributed by atoms with Crippen LogP contribution < -0.4 is 5.32 Å². The van der Waals surface area contributed by atoms with E-state index in [-0.39, 0.29) is 19.1 Å². The smallest absolute Gasteiger partial charge is 0.328 e. The maximum atomic E-state index is 12.7. The minimum Gasteiger partial charge on any atom is -0.480 e. The summed E-state index contributed by atoms with van der Waals surface area (Å²) < 4.78 is 6.88. The first-order chi connectivity index (χ1) is 12.8. The third-order valence-electron chi connectivity index (χ3n) is 4.00. The molecule has 0 saturated heterocycles. The summed E-state index contributed by atoms with van der Waals surface area (Å²) in [4.78, 5) is 24.1. The van der Waals surface area contributed by atoms with Crippen molar-refractivity contribution in [1.82, 2.24) is 15.1 Å². The number of aryl methyl sites for hydroxylation is 1. The summed E-state index contributed by atoms with van der Waals surface area (Å²) in [5.74, 6) is -1.65. The second-order valence-electron chi connectivity index (χ2n) is 6.54. The number of carboxylic acid groups (broad SMARTS) is 1. The van der Waals surface area contributed by atoms with E-state index >= 15 is 0 Å². The van der Waals surface area contributed by atoms with Gasteiger partial charge in [-0.3, -0.25) is 4.79 Å². The molecule has 1 heterocycles. The van der Waals surface area contributed by atoms with Gasteiger partial charge >= 0.3 is 5.97 Å². The molecule has 0 bridgehead atoms. The Bertz CT molecular complexity index is 809. The molecule has 2 rings (SSSR count). The molecule has 1 aromatic carbocycles. The summed E-state index contributed by atoms with van der Waals surface area (Å²) in [7, 11) is 0. The number of aromatic nitrogens is 2. The summed E-state index contributed by atoms with van der Waals surface area (Å²) in [6.07, 6.45) is 2.98.